The number of furan rings is 1. The van der Waals surface area contributed by atoms with Crippen LogP contribution in [0.1, 0.15) is 25.0 Å². The van der Waals surface area contributed by atoms with Gasteiger partial charge in [0.1, 0.15) is 11.2 Å². The van der Waals surface area contributed by atoms with Gasteiger partial charge in [-0.3, -0.25) is 0 Å². The molecule has 0 saturated carbocycles. The minimum absolute atomic E-state index is 0.0993. The molecule has 2 heteroatoms. The van der Waals surface area contributed by atoms with Gasteiger partial charge in [-0.15, -0.1) is 0 Å². The minimum atomic E-state index is -0.0993. The number of nitrogens with zero attached hydrogens (tertiary/aromatic N) is 1. The number of hydrogen-bond donors (Lipinski definition) is 0. The third-order valence-electron chi connectivity index (χ3n) is 10.8. The van der Waals surface area contributed by atoms with Gasteiger partial charge < -0.3 is 9.32 Å². The topological polar surface area (TPSA) is 16.4 Å². The lowest BCUT2D eigenvalue weighted by molar-refractivity contribution is 0.666. The molecule has 51 heavy (non-hydrogen) atoms. The summed E-state index contributed by atoms with van der Waals surface area (Å²) in [6.45, 7) is 4.75. The van der Waals surface area contributed by atoms with Gasteiger partial charge in [0.15, 0.2) is 0 Å². The fourth-order valence-electron chi connectivity index (χ4n) is 8.43. The standard InChI is InChI=1S/C49H35NO/c1-49(2)44-21-10-8-20-41(44)47-42(30-35-15-6-7-18-39(35)48(47)49)33-23-25-36(26-24-33)50(37-17-12-16-34(29-37)32-13-4-3-5-14-32)38-27-28-46-43(31-38)40-19-9-11-22-45(40)51-46/h3-31H,1-2H3. The van der Waals surface area contributed by atoms with Crippen LogP contribution in [0.4, 0.5) is 17.1 Å². The third kappa shape index (κ3) is 4.64. The monoisotopic (exact) mass is 653 g/mol. The van der Waals surface area contributed by atoms with Gasteiger partial charge >= 0.3 is 0 Å². The summed E-state index contributed by atoms with van der Waals surface area (Å²) in [4.78, 5) is 2.36. The van der Waals surface area contributed by atoms with Crippen LogP contribution in [0.2, 0.25) is 0 Å². The largest absolute Gasteiger partial charge is 0.456 e. The maximum atomic E-state index is 6.23. The van der Waals surface area contributed by atoms with Gasteiger partial charge in [-0.2, -0.15) is 0 Å². The zero-order chi connectivity index (χ0) is 34.1. The van der Waals surface area contributed by atoms with Crippen LogP contribution in [0, 0.1) is 0 Å². The molecule has 0 radical (unpaired) electrons. The normalized spacial score (nSPS) is 13.1. The maximum absolute atomic E-state index is 6.23. The van der Waals surface area contributed by atoms with E-state index in [1.165, 1.54) is 55.3 Å². The van der Waals surface area contributed by atoms with Gasteiger partial charge in [0.25, 0.3) is 0 Å². The molecule has 0 unspecified atom stereocenters. The van der Waals surface area contributed by atoms with Crippen LogP contribution < -0.4 is 4.90 Å². The van der Waals surface area contributed by atoms with Crippen LogP contribution in [-0.2, 0) is 5.41 Å². The molecule has 1 heterocycles. The Morgan fingerprint density at radius 3 is 1.96 bits per heavy atom. The van der Waals surface area contributed by atoms with E-state index in [1.807, 2.05) is 12.1 Å². The lowest BCUT2D eigenvalue weighted by atomic mass is 9.79. The number of anilines is 3. The number of hydrogen-bond acceptors (Lipinski definition) is 2. The molecule has 9 aromatic rings. The van der Waals surface area contributed by atoms with Crippen molar-refractivity contribution in [3.8, 4) is 33.4 Å². The molecule has 1 aliphatic rings. The van der Waals surface area contributed by atoms with Crippen LogP contribution in [0.5, 0.6) is 0 Å². The van der Waals surface area contributed by atoms with E-state index in [2.05, 4.69) is 183 Å². The van der Waals surface area contributed by atoms with E-state index in [0.717, 1.165) is 39.0 Å². The van der Waals surface area contributed by atoms with Crippen molar-refractivity contribution in [1.82, 2.24) is 0 Å². The molecule has 0 saturated heterocycles. The molecule has 0 aliphatic heterocycles. The van der Waals surface area contributed by atoms with E-state index in [4.69, 9.17) is 4.42 Å². The third-order valence-corrected chi connectivity index (χ3v) is 10.8. The molecule has 0 atom stereocenters. The molecule has 1 aliphatic carbocycles. The van der Waals surface area contributed by atoms with Crippen molar-refractivity contribution in [3.05, 3.63) is 187 Å². The summed E-state index contributed by atoms with van der Waals surface area (Å²) in [7, 11) is 0. The van der Waals surface area contributed by atoms with Crippen molar-refractivity contribution in [1.29, 1.82) is 0 Å². The minimum Gasteiger partial charge on any atom is -0.456 e. The van der Waals surface area contributed by atoms with Gasteiger partial charge in [0.05, 0.1) is 0 Å². The smallest absolute Gasteiger partial charge is 0.135 e. The molecule has 0 amide bonds. The first-order valence-electron chi connectivity index (χ1n) is 17.7. The number of para-hydroxylation sites is 1. The molecule has 0 fully saturated rings. The summed E-state index contributed by atoms with van der Waals surface area (Å²) in [5.41, 5.74) is 15.3. The first kappa shape index (κ1) is 29.5. The average Bonchev–Trinajstić information content (AvgIpc) is 3.67. The maximum Gasteiger partial charge on any atom is 0.135 e. The highest BCUT2D eigenvalue weighted by Crippen LogP contribution is 2.55. The van der Waals surface area contributed by atoms with Gasteiger partial charge in [-0.25, -0.2) is 0 Å². The number of rotatable bonds is 5. The second-order valence-electron chi connectivity index (χ2n) is 14.1. The Bertz CT molecular complexity index is 2770. The Kier molecular flexibility index (Phi) is 6.56. The zero-order valence-electron chi connectivity index (χ0n) is 28.6. The van der Waals surface area contributed by atoms with Gasteiger partial charge in [0.2, 0.25) is 0 Å². The van der Waals surface area contributed by atoms with E-state index in [0.29, 0.717) is 0 Å². The first-order chi connectivity index (χ1) is 25.0. The van der Waals surface area contributed by atoms with Crippen molar-refractivity contribution in [2.24, 2.45) is 0 Å². The highest BCUT2D eigenvalue weighted by molar-refractivity contribution is 6.07. The van der Waals surface area contributed by atoms with E-state index in [9.17, 15) is 0 Å². The average molecular weight is 654 g/mol. The second kappa shape index (κ2) is 11.3. The summed E-state index contributed by atoms with van der Waals surface area (Å²) in [6.07, 6.45) is 0. The van der Waals surface area contributed by atoms with E-state index >= 15 is 0 Å². The molecule has 8 aromatic carbocycles. The van der Waals surface area contributed by atoms with Gasteiger partial charge in [0, 0.05) is 33.2 Å². The Balaban J connectivity index is 1.15. The molecule has 0 N–H and O–H groups in total. The molecular weight excluding hydrogens is 619 g/mol. The Morgan fingerprint density at radius 1 is 0.431 bits per heavy atom. The van der Waals surface area contributed by atoms with E-state index in [-0.39, 0.29) is 5.41 Å². The van der Waals surface area contributed by atoms with Crippen molar-refractivity contribution in [2.75, 3.05) is 4.90 Å². The SMILES string of the molecule is CC1(C)c2ccccc2-c2c(-c3ccc(N(c4cccc(-c5ccccc5)c4)c4ccc5oc6ccccc6c5c4)cc3)cc3ccccc3c21. The second-order valence-corrected chi connectivity index (χ2v) is 14.1. The van der Waals surface area contributed by atoms with E-state index < -0.39 is 0 Å². The lowest BCUT2D eigenvalue weighted by Gasteiger charge is -2.26. The Hall–Kier alpha value is -6.38. The summed E-state index contributed by atoms with van der Waals surface area (Å²) in [6, 6.07) is 63.6. The van der Waals surface area contributed by atoms with Gasteiger partial charge in [-0.05, 0) is 110 Å². The van der Waals surface area contributed by atoms with Crippen LogP contribution in [0.25, 0.3) is 66.1 Å². The predicted octanol–water partition coefficient (Wildman–Crippen LogP) is 13.8. The molecule has 0 spiro atoms. The fourth-order valence-corrected chi connectivity index (χ4v) is 8.43. The Labute approximate surface area is 297 Å². The summed E-state index contributed by atoms with van der Waals surface area (Å²) in [5.74, 6) is 0. The zero-order valence-corrected chi connectivity index (χ0v) is 28.6. The van der Waals surface area contributed by atoms with Crippen LogP contribution in [0.3, 0.4) is 0 Å². The first-order valence-corrected chi connectivity index (χ1v) is 17.7. The summed E-state index contributed by atoms with van der Waals surface area (Å²) < 4.78 is 6.23. The van der Waals surface area contributed by atoms with Crippen molar-refractivity contribution < 1.29 is 4.42 Å². The molecule has 10 rings (SSSR count). The van der Waals surface area contributed by atoms with Crippen LogP contribution >= 0.6 is 0 Å². The van der Waals surface area contributed by atoms with Crippen LogP contribution in [0.15, 0.2) is 180 Å². The van der Waals surface area contributed by atoms with Crippen molar-refractivity contribution in [2.45, 2.75) is 19.3 Å². The highest BCUT2D eigenvalue weighted by Gasteiger charge is 2.38. The molecular formula is C49H35NO. The van der Waals surface area contributed by atoms with Crippen molar-refractivity contribution >= 4 is 49.8 Å². The molecule has 1 aromatic heterocycles. The summed E-state index contributed by atoms with van der Waals surface area (Å²) in [5, 5.41) is 4.84. The van der Waals surface area contributed by atoms with Crippen LogP contribution in [-0.4, -0.2) is 0 Å². The number of fused-ring (bicyclic) bond motifs is 8. The summed E-state index contributed by atoms with van der Waals surface area (Å²) >= 11 is 0. The predicted molar refractivity (Wildman–Crippen MR) is 214 cm³/mol. The molecule has 242 valence electrons. The lowest BCUT2D eigenvalue weighted by Crippen LogP contribution is -2.15. The molecule has 0 bridgehead atoms. The van der Waals surface area contributed by atoms with Crippen molar-refractivity contribution in [3.63, 3.8) is 0 Å². The Morgan fingerprint density at radius 2 is 1.10 bits per heavy atom. The fraction of sp³-hybridized carbons (Fsp3) is 0.0612. The molecule has 2 nitrogen and oxygen atoms in total. The quantitative estimate of drug-likeness (QED) is 0.184. The van der Waals surface area contributed by atoms with E-state index in [1.54, 1.807) is 0 Å². The highest BCUT2D eigenvalue weighted by atomic mass is 16.3. The van der Waals surface area contributed by atoms with Gasteiger partial charge in [-0.1, -0.05) is 135 Å². The number of benzene rings is 8.